The molecule has 0 saturated carbocycles. The average Bonchev–Trinajstić information content (AvgIpc) is 2.57. The van der Waals surface area contributed by atoms with Gasteiger partial charge in [-0.2, -0.15) is 0 Å². The SMILES string of the molecule is CCCCCN(C)C(=O)c1cc(Br)cn1C. The zero-order valence-corrected chi connectivity index (χ0v) is 11.7. The second-order valence-electron chi connectivity index (χ2n) is 4.09. The molecule has 0 unspecified atom stereocenters. The van der Waals surface area contributed by atoms with Crippen molar-refractivity contribution in [2.45, 2.75) is 26.2 Å². The lowest BCUT2D eigenvalue weighted by Gasteiger charge is -2.17. The van der Waals surface area contributed by atoms with Gasteiger partial charge in [-0.25, -0.2) is 0 Å². The maximum Gasteiger partial charge on any atom is 0.270 e. The van der Waals surface area contributed by atoms with Crippen molar-refractivity contribution < 1.29 is 4.79 Å². The maximum atomic E-state index is 12.1. The van der Waals surface area contributed by atoms with E-state index >= 15 is 0 Å². The molecule has 0 aliphatic carbocycles. The third-order valence-corrected chi connectivity index (χ3v) is 3.07. The molecule has 16 heavy (non-hydrogen) atoms. The number of hydrogen-bond donors (Lipinski definition) is 0. The number of carbonyl (C=O) groups is 1. The summed E-state index contributed by atoms with van der Waals surface area (Å²) in [5, 5.41) is 0. The molecule has 0 spiro atoms. The number of hydrogen-bond acceptors (Lipinski definition) is 1. The van der Waals surface area contributed by atoms with Crippen molar-refractivity contribution >= 4 is 21.8 Å². The van der Waals surface area contributed by atoms with Crippen molar-refractivity contribution in [2.24, 2.45) is 7.05 Å². The fourth-order valence-electron chi connectivity index (χ4n) is 1.63. The van der Waals surface area contributed by atoms with Gasteiger partial charge in [-0.1, -0.05) is 19.8 Å². The van der Waals surface area contributed by atoms with Crippen LogP contribution in [0.3, 0.4) is 0 Å². The Labute approximate surface area is 106 Å². The summed E-state index contributed by atoms with van der Waals surface area (Å²) >= 11 is 3.37. The molecule has 1 rings (SSSR count). The van der Waals surface area contributed by atoms with Crippen molar-refractivity contribution in [3.63, 3.8) is 0 Å². The normalized spacial score (nSPS) is 10.5. The van der Waals surface area contributed by atoms with Gasteiger partial charge in [-0.3, -0.25) is 4.79 Å². The van der Waals surface area contributed by atoms with Gasteiger partial charge in [0.2, 0.25) is 0 Å². The summed E-state index contributed by atoms with van der Waals surface area (Å²) in [5.74, 6) is 0.0873. The van der Waals surface area contributed by atoms with Crippen LogP contribution in [0.5, 0.6) is 0 Å². The molecule has 3 nitrogen and oxygen atoms in total. The lowest BCUT2D eigenvalue weighted by atomic mass is 10.2. The largest absolute Gasteiger partial charge is 0.345 e. The first kappa shape index (κ1) is 13.3. The van der Waals surface area contributed by atoms with Crippen molar-refractivity contribution in [1.29, 1.82) is 0 Å². The van der Waals surface area contributed by atoms with Crippen LogP contribution in [-0.2, 0) is 7.05 Å². The molecular weight excluding hydrogens is 268 g/mol. The molecule has 4 heteroatoms. The van der Waals surface area contributed by atoms with Crippen LogP contribution in [0.25, 0.3) is 0 Å². The molecule has 0 aliphatic heterocycles. The zero-order valence-electron chi connectivity index (χ0n) is 10.2. The molecule has 1 heterocycles. The van der Waals surface area contributed by atoms with E-state index in [-0.39, 0.29) is 5.91 Å². The standard InChI is InChI=1S/C12H19BrN2O/c1-4-5-6-7-14(2)12(16)11-8-10(13)9-15(11)3/h8-9H,4-7H2,1-3H3. The highest BCUT2D eigenvalue weighted by Gasteiger charge is 2.14. The molecule has 0 aliphatic rings. The van der Waals surface area contributed by atoms with Crippen LogP contribution in [-0.4, -0.2) is 29.0 Å². The van der Waals surface area contributed by atoms with Gasteiger partial charge in [0, 0.05) is 31.3 Å². The summed E-state index contributed by atoms with van der Waals surface area (Å²) < 4.78 is 2.79. The third-order valence-electron chi connectivity index (χ3n) is 2.63. The van der Waals surface area contributed by atoms with E-state index in [4.69, 9.17) is 0 Å². The molecule has 0 bridgehead atoms. The molecule has 0 radical (unpaired) electrons. The van der Waals surface area contributed by atoms with Crippen molar-refractivity contribution in [3.8, 4) is 0 Å². The first-order valence-corrected chi connectivity index (χ1v) is 6.43. The Bertz CT molecular complexity index is 360. The van der Waals surface area contributed by atoms with Crippen LogP contribution in [0, 0.1) is 0 Å². The highest BCUT2D eigenvalue weighted by molar-refractivity contribution is 9.10. The lowest BCUT2D eigenvalue weighted by Crippen LogP contribution is -2.29. The maximum absolute atomic E-state index is 12.1. The van der Waals surface area contributed by atoms with E-state index in [2.05, 4.69) is 22.9 Å². The smallest absolute Gasteiger partial charge is 0.270 e. The molecule has 1 amide bonds. The molecule has 0 fully saturated rings. The van der Waals surface area contributed by atoms with Crippen molar-refractivity contribution in [2.75, 3.05) is 13.6 Å². The van der Waals surface area contributed by atoms with Crippen molar-refractivity contribution in [3.05, 3.63) is 22.4 Å². The zero-order chi connectivity index (χ0) is 12.1. The van der Waals surface area contributed by atoms with Gasteiger partial charge < -0.3 is 9.47 Å². The second kappa shape index (κ2) is 6.09. The van der Waals surface area contributed by atoms with Crippen molar-refractivity contribution in [1.82, 2.24) is 9.47 Å². The van der Waals surface area contributed by atoms with Crippen LogP contribution in [0.4, 0.5) is 0 Å². The number of unbranched alkanes of at least 4 members (excludes halogenated alkanes) is 2. The molecule has 90 valence electrons. The molecular formula is C12H19BrN2O. The van der Waals surface area contributed by atoms with E-state index in [0.717, 1.165) is 23.1 Å². The lowest BCUT2D eigenvalue weighted by molar-refractivity contribution is 0.0783. The van der Waals surface area contributed by atoms with E-state index in [1.54, 1.807) is 4.90 Å². The minimum absolute atomic E-state index is 0.0873. The average molecular weight is 287 g/mol. The summed E-state index contributed by atoms with van der Waals surface area (Å²) in [4.78, 5) is 13.8. The Morgan fingerprint density at radius 2 is 2.19 bits per heavy atom. The molecule has 1 aromatic heterocycles. The van der Waals surface area contributed by atoms with Gasteiger partial charge in [0.1, 0.15) is 5.69 Å². The minimum Gasteiger partial charge on any atom is -0.345 e. The summed E-state index contributed by atoms with van der Waals surface area (Å²) in [6, 6.07) is 1.86. The summed E-state index contributed by atoms with van der Waals surface area (Å²) in [6.45, 7) is 2.99. The number of rotatable bonds is 5. The highest BCUT2D eigenvalue weighted by Crippen LogP contribution is 2.15. The Kier molecular flexibility index (Phi) is 5.06. The van der Waals surface area contributed by atoms with Gasteiger partial charge in [0.05, 0.1) is 0 Å². The van der Waals surface area contributed by atoms with Crippen LogP contribution in [0.15, 0.2) is 16.7 Å². The topological polar surface area (TPSA) is 25.2 Å². The monoisotopic (exact) mass is 286 g/mol. The van der Waals surface area contributed by atoms with E-state index in [0.29, 0.717) is 0 Å². The second-order valence-corrected chi connectivity index (χ2v) is 5.00. The van der Waals surface area contributed by atoms with Crippen LogP contribution in [0.2, 0.25) is 0 Å². The number of carbonyl (C=O) groups excluding carboxylic acids is 1. The fourth-order valence-corrected chi connectivity index (χ4v) is 2.16. The molecule has 0 saturated heterocycles. The molecule has 0 aromatic carbocycles. The Balaban J connectivity index is 2.60. The van der Waals surface area contributed by atoms with E-state index < -0.39 is 0 Å². The van der Waals surface area contributed by atoms with E-state index in [9.17, 15) is 4.79 Å². The van der Waals surface area contributed by atoms with E-state index in [1.807, 2.05) is 30.9 Å². The van der Waals surface area contributed by atoms with E-state index in [1.165, 1.54) is 12.8 Å². The molecule has 0 atom stereocenters. The number of aryl methyl sites for hydroxylation is 1. The summed E-state index contributed by atoms with van der Waals surface area (Å²) in [5.41, 5.74) is 0.728. The number of amides is 1. The van der Waals surface area contributed by atoms with Crippen LogP contribution in [0.1, 0.15) is 36.7 Å². The fraction of sp³-hybridized carbons (Fsp3) is 0.583. The quantitative estimate of drug-likeness (QED) is 0.764. The van der Waals surface area contributed by atoms with Gasteiger partial charge in [-0.05, 0) is 28.4 Å². The Morgan fingerprint density at radius 1 is 1.50 bits per heavy atom. The number of halogens is 1. The molecule has 1 aromatic rings. The predicted octanol–water partition coefficient (Wildman–Crippen LogP) is 3.05. The van der Waals surface area contributed by atoms with Gasteiger partial charge in [0.15, 0.2) is 0 Å². The van der Waals surface area contributed by atoms with Gasteiger partial charge >= 0.3 is 0 Å². The first-order chi connectivity index (χ1) is 7.56. The number of nitrogens with zero attached hydrogens (tertiary/aromatic N) is 2. The van der Waals surface area contributed by atoms with Gasteiger partial charge in [-0.15, -0.1) is 0 Å². The molecule has 0 N–H and O–H groups in total. The van der Waals surface area contributed by atoms with Gasteiger partial charge in [0.25, 0.3) is 5.91 Å². The number of aromatic nitrogens is 1. The summed E-state index contributed by atoms with van der Waals surface area (Å²) in [7, 11) is 3.75. The predicted molar refractivity (Wildman–Crippen MR) is 69.6 cm³/mol. The highest BCUT2D eigenvalue weighted by atomic mass is 79.9. The Hall–Kier alpha value is -0.770. The minimum atomic E-state index is 0.0873. The van der Waals surface area contributed by atoms with Crippen LogP contribution < -0.4 is 0 Å². The first-order valence-electron chi connectivity index (χ1n) is 5.63. The Morgan fingerprint density at radius 3 is 2.69 bits per heavy atom. The third kappa shape index (κ3) is 3.37. The van der Waals surface area contributed by atoms with Crippen LogP contribution >= 0.6 is 15.9 Å². The summed E-state index contributed by atoms with van der Waals surface area (Å²) in [6.07, 6.45) is 5.32.